The van der Waals surface area contributed by atoms with Crippen molar-refractivity contribution in [2.24, 2.45) is 11.8 Å². The van der Waals surface area contributed by atoms with Crippen LogP contribution in [0.5, 0.6) is 0 Å². The van der Waals surface area contributed by atoms with E-state index in [2.05, 4.69) is 10.1 Å². The fraction of sp³-hybridized carbons (Fsp3) is 0.440. The molecule has 0 aliphatic carbocycles. The van der Waals surface area contributed by atoms with E-state index in [1.165, 1.54) is 16.2 Å². The van der Waals surface area contributed by atoms with Gasteiger partial charge in [-0.2, -0.15) is 0 Å². The number of carbonyl (C=O) groups is 2. The van der Waals surface area contributed by atoms with Crippen molar-refractivity contribution >= 4 is 34.8 Å². The molecule has 3 aromatic rings. The van der Waals surface area contributed by atoms with Crippen molar-refractivity contribution in [1.82, 2.24) is 15.0 Å². The number of aliphatic hydroxyl groups excluding tert-OH is 1. The summed E-state index contributed by atoms with van der Waals surface area (Å²) in [5.41, 5.74) is 1.54. The van der Waals surface area contributed by atoms with E-state index in [4.69, 9.17) is 16.1 Å². The molecule has 0 unspecified atom stereocenters. The van der Waals surface area contributed by atoms with Crippen molar-refractivity contribution in [1.29, 1.82) is 0 Å². The van der Waals surface area contributed by atoms with Gasteiger partial charge in [0, 0.05) is 36.7 Å². The summed E-state index contributed by atoms with van der Waals surface area (Å²) < 4.78 is 8.29. The molecule has 0 spiro atoms. The summed E-state index contributed by atoms with van der Waals surface area (Å²) in [5.74, 6) is -0.272. The van der Waals surface area contributed by atoms with Gasteiger partial charge in [0.05, 0.1) is 33.7 Å². The number of rotatable bonds is 7. The molecule has 3 aromatic heterocycles. The number of likely N-dealkylation sites (tertiary alicyclic amines) is 1. The Morgan fingerprint density at radius 1 is 1.22 bits per heavy atom. The monoisotopic (exact) mass is 592 g/mol. The number of hydrogen-bond donors (Lipinski definition) is 1. The van der Waals surface area contributed by atoms with Gasteiger partial charge in [-0.25, -0.2) is 4.57 Å². The number of imide groups is 1. The Morgan fingerprint density at radius 2 is 2.06 bits per heavy atom. The minimum atomic E-state index is -0.428. The Balaban J connectivity index is 0.00000267. The SMILES string of the molecule is O=C1[C@@H]2[C@H](C(=O)N1CCC[n+]1cccc(CO)c1)[C@H](c1cc(-c3ccc(Cl)s3)on1)N1CCC[C@@H]21.[Br-]. The Bertz CT molecular complexity index is 1280. The Labute approximate surface area is 228 Å². The number of thiophene rings is 1. The van der Waals surface area contributed by atoms with Crippen LogP contribution in [-0.2, 0) is 22.7 Å². The molecule has 1 N–H and O–H groups in total. The smallest absolute Gasteiger partial charge is 0.235 e. The van der Waals surface area contributed by atoms with Crippen LogP contribution in [0.25, 0.3) is 10.6 Å². The predicted octanol–water partition coefficient (Wildman–Crippen LogP) is 0.0509. The zero-order valence-electron chi connectivity index (χ0n) is 19.4. The maximum Gasteiger partial charge on any atom is 0.235 e. The predicted molar refractivity (Wildman–Crippen MR) is 128 cm³/mol. The van der Waals surface area contributed by atoms with Crippen molar-refractivity contribution in [3.8, 4) is 10.6 Å². The highest BCUT2D eigenvalue weighted by Gasteiger charge is 2.63. The van der Waals surface area contributed by atoms with Crippen molar-refractivity contribution < 1.29 is 40.8 Å². The largest absolute Gasteiger partial charge is 1.00 e. The summed E-state index contributed by atoms with van der Waals surface area (Å²) in [4.78, 5) is 31.7. The lowest BCUT2D eigenvalue weighted by Crippen LogP contribution is -3.00. The average molecular weight is 594 g/mol. The van der Waals surface area contributed by atoms with Crippen LogP contribution >= 0.6 is 22.9 Å². The van der Waals surface area contributed by atoms with Crippen molar-refractivity contribution in [3.05, 3.63) is 58.3 Å². The number of aryl methyl sites for hydroxylation is 1. The number of halogens is 2. The van der Waals surface area contributed by atoms with Gasteiger partial charge in [0.1, 0.15) is 12.2 Å². The molecular weight excluding hydrogens is 568 g/mol. The van der Waals surface area contributed by atoms with E-state index in [1.54, 1.807) is 0 Å². The van der Waals surface area contributed by atoms with Crippen LogP contribution in [0, 0.1) is 11.8 Å². The highest BCUT2D eigenvalue weighted by Crippen LogP contribution is 2.53. The van der Waals surface area contributed by atoms with Gasteiger partial charge in [-0.05, 0) is 37.6 Å². The summed E-state index contributed by atoms with van der Waals surface area (Å²) in [5, 5.41) is 13.7. The van der Waals surface area contributed by atoms with Gasteiger partial charge >= 0.3 is 0 Å². The molecule has 0 aromatic carbocycles. The zero-order chi connectivity index (χ0) is 24.1. The van der Waals surface area contributed by atoms with Crippen LogP contribution in [0.4, 0.5) is 0 Å². The van der Waals surface area contributed by atoms with E-state index in [9.17, 15) is 14.7 Å². The number of nitrogens with zero attached hydrogens (tertiary/aromatic N) is 4. The molecule has 3 fully saturated rings. The Kier molecular flexibility index (Phi) is 7.33. The molecule has 190 valence electrons. The molecule has 3 aliphatic rings. The van der Waals surface area contributed by atoms with Gasteiger partial charge in [-0.15, -0.1) is 11.3 Å². The van der Waals surface area contributed by atoms with Gasteiger partial charge in [0.25, 0.3) is 0 Å². The van der Waals surface area contributed by atoms with E-state index in [0.717, 1.165) is 29.8 Å². The maximum atomic E-state index is 13.6. The van der Waals surface area contributed by atoms with E-state index in [1.807, 2.05) is 47.3 Å². The number of aliphatic hydroxyl groups is 1. The molecule has 3 saturated heterocycles. The van der Waals surface area contributed by atoms with Crippen LogP contribution in [0.15, 0.2) is 47.2 Å². The standard InChI is InChI=1S/C25H26ClN4O4S.BrH/c26-20-7-6-19(35-20)18-12-16(27-34-18)23-22-21(17-5-2-10-29(17)23)24(32)30(25(22)33)11-3-9-28-8-1-4-15(13-28)14-31;/h1,4,6-8,12-13,17,21-23,31H,2-3,5,9-11,14H2;1H/q+1;/p-1/t17-,21-,22-,23-;/m0./s1. The van der Waals surface area contributed by atoms with Gasteiger partial charge in [0.2, 0.25) is 11.8 Å². The van der Waals surface area contributed by atoms with Crippen molar-refractivity contribution in [2.75, 3.05) is 13.1 Å². The first-order valence-corrected chi connectivity index (χ1v) is 13.2. The number of carbonyl (C=O) groups excluding carboxylic acids is 2. The van der Waals surface area contributed by atoms with E-state index < -0.39 is 5.92 Å². The van der Waals surface area contributed by atoms with Gasteiger partial charge < -0.3 is 26.6 Å². The molecule has 3 aliphatic heterocycles. The van der Waals surface area contributed by atoms with Crippen LogP contribution in [-0.4, -0.2) is 51.0 Å². The second-order valence-electron chi connectivity index (χ2n) is 9.45. The molecule has 0 bridgehead atoms. The Hall–Kier alpha value is -2.11. The van der Waals surface area contributed by atoms with Crippen LogP contribution in [0.2, 0.25) is 4.34 Å². The fourth-order valence-electron chi connectivity index (χ4n) is 6.05. The molecule has 36 heavy (non-hydrogen) atoms. The molecule has 11 heteroatoms. The number of fused-ring (bicyclic) bond motifs is 3. The number of amides is 2. The Morgan fingerprint density at radius 3 is 2.83 bits per heavy atom. The summed E-state index contributed by atoms with van der Waals surface area (Å²) in [6.45, 7) is 1.89. The van der Waals surface area contributed by atoms with Crippen molar-refractivity contribution in [3.63, 3.8) is 0 Å². The first-order valence-electron chi connectivity index (χ1n) is 12.0. The molecule has 6 rings (SSSR count). The summed E-state index contributed by atoms with van der Waals surface area (Å²) >= 11 is 7.50. The van der Waals surface area contributed by atoms with Gasteiger partial charge in [-0.1, -0.05) is 16.8 Å². The quantitative estimate of drug-likeness (QED) is 0.308. The highest BCUT2D eigenvalue weighted by atomic mass is 79.9. The van der Waals surface area contributed by atoms with E-state index in [-0.39, 0.29) is 53.4 Å². The second-order valence-corrected chi connectivity index (χ2v) is 11.2. The molecule has 4 atom stereocenters. The van der Waals surface area contributed by atoms with Crippen LogP contribution in [0.1, 0.15) is 36.6 Å². The van der Waals surface area contributed by atoms with Gasteiger partial charge in [0.15, 0.2) is 18.2 Å². The molecule has 8 nitrogen and oxygen atoms in total. The normalized spacial score (nSPS) is 25.3. The topological polar surface area (TPSA) is 90.8 Å². The molecule has 6 heterocycles. The van der Waals surface area contributed by atoms with E-state index in [0.29, 0.717) is 35.3 Å². The first-order chi connectivity index (χ1) is 17.0. The third kappa shape index (κ3) is 4.32. The lowest BCUT2D eigenvalue weighted by molar-refractivity contribution is -0.697. The first kappa shape index (κ1) is 25.5. The summed E-state index contributed by atoms with van der Waals surface area (Å²) in [6.07, 6.45) is 6.39. The van der Waals surface area contributed by atoms with Crippen LogP contribution < -0.4 is 21.5 Å². The zero-order valence-corrected chi connectivity index (χ0v) is 22.6. The minimum absolute atomic E-state index is 0. The minimum Gasteiger partial charge on any atom is -1.00 e. The fourth-order valence-corrected chi connectivity index (χ4v) is 7.04. The van der Waals surface area contributed by atoms with Crippen molar-refractivity contribution in [2.45, 2.75) is 44.5 Å². The summed E-state index contributed by atoms with van der Waals surface area (Å²) in [7, 11) is 0. The van der Waals surface area contributed by atoms with E-state index >= 15 is 0 Å². The second kappa shape index (κ2) is 10.3. The molecular formula is C25H26BrClN4O4S. The highest BCUT2D eigenvalue weighted by molar-refractivity contribution is 7.19. The number of aromatic nitrogens is 2. The number of pyridine rings is 1. The third-order valence-corrected chi connectivity index (χ3v) is 8.74. The molecule has 0 radical (unpaired) electrons. The average Bonchev–Trinajstić information content (AvgIpc) is 3.66. The molecule has 0 saturated carbocycles. The lowest BCUT2D eigenvalue weighted by atomic mass is 9.86. The number of hydrogen-bond acceptors (Lipinski definition) is 7. The lowest BCUT2D eigenvalue weighted by Gasteiger charge is -2.26. The van der Waals surface area contributed by atoms with Crippen LogP contribution in [0.3, 0.4) is 0 Å². The maximum absolute atomic E-state index is 13.6. The third-order valence-electron chi connectivity index (χ3n) is 7.49. The summed E-state index contributed by atoms with van der Waals surface area (Å²) in [6, 6.07) is 9.18. The molecule has 2 amide bonds. The van der Waals surface area contributed by atoms with Gasteiger partial charge in [-0.3, -0.25) is 19.4 Å².